The Morgan fingerprint density at radius 2 is 2.12 bits per heavy atom. The summed E-state index contributed by atoms with van der Waals surface area (Å²) < 4.78 is 0. The van der Waals surface area contributed by atoms with Crippen LogP contribution in [0.15, 0.2) is 24.3 Å². The molecule has 0 bridgehead atoms. The summed E-state index contributed by atoms with van der Waals surface area (Å²) >= 11 is 0. The summed E-state index contributed by atoms with van der Waals surface area (Å²) in [6, 6.07) is 0. The highest BCUT2D eigenvalue weighted by molar-refractivity contribution is 5.15. The van der Waals surface area contributed by atoms with Gasteiger partial charge >= 0.3 is 0 Å². The van der Waals surface area contributed by atoms with E-state index in [0.29, 0.717) is 17.8 Å². The molecular formula is C15H24O. The molecule has 1 heteroatoms. The van der Waals surface area contributed by atoms with E-state index in [9.17, 15) is 5.11 Å². The molecule has 1 nitrogen and oxygen atoms in total. The molecule has 0 spiro atoms. The van der Waals surface area contributed by atoms with E-state index in [0.717, 1.165) is 18.4 Å². The van der Waals surface area contributed by atoms with Gasteiger partial charge in [-0.3, -0.25) is 0 Å². The largest absolute Gasteiger partial charge is 0.392 e. The Morgan fingerprint density at radius 1 is 1.44 bits per heavy atom. The normalized spacial score (nSPS) is 47.5. The van der Waals surface area contributed by atoms with Gasteiger partial charge in [0.1, 0.15) is 0 Å². The Morgan fingerprint density at radius 3 is 2.75 bits per heavy atom. The number of rotatable bonds is 1. The average Bonchev–Trinajstić information content (AvgIpc) is 2.22. The summed E-state index contributed by atoms with van der Waals surface area (Å²) in [6.45, 7) is 10.6. The Hall–Kier alpha value is -0.560. The van der Waals surface area contributed by atoms with E-state index in [4.69, 9.17) is 0 Å². The average molecular weight is 220 g/mol. The fourth-order valence-electron chi connectivity index (χ4n) is 3.66. The van der Waals surface area contributed by atoms with Crippen molar-refractivity contribution in [3.05, 3.63) is 24.3 Å². The van der Waals surface area contributed by atoms with Crippen molar-refractivity contribution in [2.24, 2.45) is 23.2 Å². The molecule has 0 aromatic rings. The van der Waals surface area contributed by atoms with E-state index in [1.54, 1.807) is 0 Å². The fraction of sp³-hybridized carbons (Fsp3) is 0.733. The van der Waals surface area contributed by atoms with Gasteiger partial charge in [0.05, 0.1) is 6.10 Å². The molecule has 0 unspecified atom stereocenters. The molecule has 1 N–H and O–H groups in total. The van der Waals surface area contributed by atoms with Gasteiger partial charge in [-0.15, -0.1) is 0 Å². The SMILES string of the molecule is C=C(C)[C@H]1CC[C@H]2C=CC[C@H](C)[C@@]2(C)[C@@H]1O. The van der Waals surface area contributed by atoms with Crippen molar-refractivity contribution in [2.75, 3.05) is 0 Å². The van der Waals surface area contributed by atoms with E-state index in [2.05, 4.69) is 39.5 Å². The molecular weight excluding hydrogens is 196 g/mol. The molecule has 90 valence electrons. The zero-order valence-electron chi connectivity index (χ0n) is 10.7. The van der Waals surface area contributed by atoms with Crippen molar-refractivity contribution in [1.82, 2.24) is 0 Å². The second-order valence-electron chi connectivity index (χ2n) is 6.01. The zero-order chi connectivity index (χ0) is 11.9. The van der Waals surface area contributed by atoms with Crippen LogP contribution in [-0.4, -0.2) is 11.2 Å². The van der Waals surface area contributed by atoms with Gasteiger partial charge in [0.15, 0.2) is 0 Å². The lowest BCUT2D eigenvalue weighted by Gasteiger charge is -2.53. The lowest BCUT2D eigenvalue weighted by atomic mass is 9.54. The monoisotopic (exact) mass is 220 g/mol. The summed E-state index contributed by atoms with van der Waals surface area (Å²) in [5.41, 5.74) is 1.20. The molecule has 1 fully saturated rings. The summed E-state index contributed by atoms with van der Waals surface area (Å²) in [7, 11) is 0. The summed E-state index contributed by atoms with van der Waals surface area (Å²) in [5, 5.41) is 10.7. The number of hydrogen-bond donors (Lipinski definition) is 1. The minimum Gasteiger partial charge on any atom is -0.392 e. The van der Waals surface area contributed by atoms with Gasteiger partial charge in [0.25, 0.3) is 0 Å². The Bertz CT molecular complexity index is 317. The third-order valence-corrected chi connectivity index (χ3v) is 5.16. The minimum absolute atomic E-state index is 0.0522. The molecule has 0 radical (unpaired) electrons. The van der Waals surface area contributed by atoms with Crippen LogP contribution in [0.5, 0.6) is 0 Å². The maximum Gasteiger partial charge on any atom is 0.0667 e. The first kappa shape index (κ1) is 11.9. The molecule has 0 amide bonds. The van der Waals surface area contributed by atoms with Gasteiger partial charge in [0.2, 0.25) is 0 Å². The first-order chi connectivity index (χ1) is 7.48. The quantitative estimate of drug-likeness (QED) is 0.670. The van der Waals surface area contributed by atoms with Crippen LogP contribution in [0.1, 0.15) is 40.0 Å². The van der Waals surface area contributed by atoms with Gasteiger partial charge in [-0.25, -0.2) is 0 Å². The van der Waals surface area contributed by atoms with Crippen LogP contribution in [0.3, 0.4) is 0 Å². The summed E-state index contributed by atoms with van der Waals surface area (Å²) in [4.78, 5) is 0. The van der Waals surface area contributed by atoms with Gasteiger partial charge in [0, 0.05) is 11.3 Å². The first-order valence-electron chi connectivity index (χ1n) is 6.48. The molecule has 0 aliphatic heterocycles. The Balaban J connectivity index is 2.32. The molecule has 2 rings (SSSR count). The smallest absolute Gasteiger partial charge is 0.0667 e. The predicted molar refractivity (Wildman–Crippen MR) is 68.1 cm³/mol. The summed E-state index contributed by atoms with van der Waals surface area (Å²) in [6.07, 6.45) is 7.80. The van der Waals surface area contributed by atoms with E-state index >= 15 is 0 Å². The van der Waals surface area contributed by atoms with Crippen LogP contribution in [0.25, 0.3) is 0 Å². The van der Waals surface area contributed by atoms with E-state index in [1.807, 2.05) is 0 Å². The molecule has 5 atom stereocenters. The molecule has 0 saturated heterocycles. The minimum atomic E-state index is -0.219. The van der Waals surface area contributed by atoms with Gasteiger partial charge in [-0.2, -0.15) is 0 Å². The van der Waals surface area contributed by atoms with Crippen molar-refractivity contribution in [1.29, 1.82) is 0 Å². The molecule has 1 saturated carbocycles. The maximum absolute atomic E-state index is 10.7. The number of hydrogen-bond acceptors (Lipinski definition) is 1. The third-order valence-electron chi connectivity index (χ3n) is 5.16. The molecule has 0 aromatic carbocycles. The van der Waals surface area contributed by atoms with Crippen LogP contribution in [0.4, 0.5) is 0 Å². The standard InChI is InChI=1S/C15H24O/c1-10(2)13-9-8-12-7-5-6-11(3)15(12,4)14(13)16/h5,7,11-14,16H,1,6,8-9H2,2-4H3/t11-,12+,13+,14+,15+/m0/s1. The molecule has 0 aromatic heterocycles. The zero-order valence-corrected chi connectivity index (χ0v) is 10.7. The third kappa shape index (κ3) is 1.57. The van der Waals surface area contributed by atoms with Crippen molar-refractivity contribution in [2.45, 2.75) is 46.1 Å². The Kier molecular flexibility index (Phi) is 3.00. The molecule has 2 aliphatic carbocycles. The molecule has 0 heterocycles. The van der Waals surface area contributed by atoms with Crippen molar-refractivity contribution in [3.8, 4) is 0 Å². The number of allylic oxidation sites excluding steroid dienone is 2. The highest BCUT2D eigenvalue weighted by Gasteiger charge is 2.50. The van der Waals surface area contributed by atoms with Gasteiger partial charge in [-0.05, 0) is 38.0 Å². The van der Waals surface area contributed by atoms with Gasteiger partial charge < -0.3 is 5.11 Å². The highest BCUT2D eigenvalue weighted by Crippen LogP contribution is 2.53. The fourth-order valence-corrected chi connectivity index (χ4v) is 3.66. The second kappa shape index (κ2) is 4.03. The van der Waals surface area contributed by atoms with Crippen molar-refractivity contribution in [3.63, 3.8) is 0 Å². The van der Waals surface area contributed by atoms with Crippen LogP contribution in [0, 0.1) is 23.2 Å². The van der Waals surface area contributed by atoms with Gasteiger partial charge in [-0.1, -0.05) is 38.2 Å². The van der Waals surface area contributed by atoms with Crippen LogP contribution < -0.4 is 0 Å². The lowest BCUT2D eigenvalue weighted by Crippen LogP contribution is -2.52. The Labute approximate surface area is 99.3 Å². The summed E-state index contributed by atoms with van der Waals surface area (Å²) in [5.74, 6) is 1.43. The van der Waals surface area contributed by atoms with Crippen molar-refractivity contribution >= 4 is 0 Å². The molecule has 16 heavy (non-hydrogen) atoms. The number of aliphatic hydroxyl groups is 1. The van der Waals surface area contributed by atoms with Crippen LogP contribution in [-0.2, 0) is 0 Å². The molecule has 2 aliphatic rings. The predicted octanol–water partition coefficient (Wildman–Crippen LogP) is 3.55. The second-order valence-corrected chi connectivity index (χ2v) is 6.01. The maximum atomic E-state index is 10.7. The number of fused-ring (bicyclic) bond motifs is 1. The first-order valence-corrected chi connectivity index (χ1v) is 6.48. The highest BCUT2D eigenvalue weighted by atomic mass is 16.3. The van der Waals surface area contributed by atoms with Crippen molar-refractivity contribution < 1.29 is 5.11 Å². The van der Waals surface area contributed by atoms with E-state index < -0.39 is 0 Å². The van der Waals surface area contributed by atoms with E-state index in [-0.39, 0.29) is 11.5 Å². The lowest BCUT2D eigenvalue weighted by molar-refractivity contribution is -0.0904. The topological polar surface area (TPSA) is 20.2 Å². The van der Waals surface area contributed by atoms with Crippen LogP contribution >= 0.6 is 0 Å². The number of aliphatic hydroxyl groups excluding tert-OH is 1. The van der Waals surface area contributed by atoms with Crippen LogP contribution in [0.2, 0.25) is 0 Å². The van der Waals surface area contributed by atoms with E-state index in [1.165, 1.54) is 6.42 Å².